The van der Waals surface area contributed by atoms with Gasteiger partial charge in [0.15, 0.2) is 0 Å². The molecule has 1 saturated carbocycles. The van der Waals surface area contributed by atoms with Crippen LogP contribution in [0.5, 0.6) is 0 Å². The van der Waals surface area contributed by atoms with Crippen LogP contribution in [0.15, 0.2) is 0 Å². The summed E-state index contributed by atoms with van der Waals surface area (Å²) in [6.45, 7) is 3.79. The molecule has 2 unspecified atom stereocenters. The first kappa shape index (κ1) is 11.4. The molecule has 4 heteroatoms. The third-order valence-corrected chi connectivity index (χ3v) is 3.40. The Bertz CT molecular complexity index is 238. The molecule has 1 rings (SSSR count). The smallest absolute Gasteiger partial charge is 0.229 e. The lowest BCUT2D eigenvalue weighted by Gasteiger charge is -2.32. The quantitative estimate of drug-likeness (QED) is 0.692. The molecule has 0 aromatic carbocycles. The van der Waals surface area contributed by atoms with Gasteiger partial charge in [0.1, 0.15) is 0 Å². The fraction of sp³-hybridized carbons (Fsp3) is 0.800. The summed E-state index contributed by atoms with van der Waals surface area (Å²) in [5.74, 6) is 0.252. The second kappa shape index (κ2) is 4.73. The van der Waals surface area contributed by atoms with E-state index in [1.54, 1.807) is 6.92 Å². The van der Waals surface area contributed by atoms with Crippen LogP contribution < -0.4 is 11.1 Å². The van der Waals surface area contributed by atoms with Crippen molar-refractivity contribution in [3.05, 3.63) is 0 Å². The largest absolute Gasteiger partial charge is 0.393 e. The molecule has 3 N–H and O–H groups in total. The van der Waals surface area contributed by atoms with Crippen molar-refractivity contribution in [2.75, 3.05) is 0 Å². The highest BCUT2D eigenvalue weighted by molar-refractivity contribution is 7.80. The average Bonchev–Trinajstić information content (AvgIpc) is 1.98. The minimum atomic E-state index is -0.354. The molecule has 0 heterocycles. The SMILES string of the molecule is CC(C(=O)NC(C)C1CCC1)C(N)=S. The third kappa shape index (κ3) is 2.67. The van der Waals surface area contributed by atoms with Crippen LogP contribution in [0.25, 0.3) is 0 Å². The predicted octanol–water partition coefficient (Wildman–Crippen LogP) is 1.21. The van der Waals surface area contributed by atoms with Gasteiger partial charge in [0.2, 0.25) is 5.91 Å². The lowest BCUT2D eigenvalue weighted by atomic mass is 9.80. The number of hydrogen-bond acceptors (Lipinski definition) is 2. The molecule has 0 spiro atoms. The van der Waals surface area contributed by atoms with Crippen LogP contribution >= 0.6 is 12.2 Å². The van der Waals surface area contributed by atoms with Crippen molar-refractivity contribution in [2.24, 2.45) is 17.6 Å². The van der Waals surface area contributed by atoms with Crippen molar-refractivity contribution in [3.8, 4) is 0 Å². The fourth-order valence-corrected chi connectivity index (χ4v) is 1.64. The maximum Gasteiger partial charge on any atom is 0.229 e. The summed E-state index contributed by atoms with van der Waals surface area (Å²) in [4.78, 5) is 11.8. The van der Waals surface area contributed by atoms with Gasteiger partial charge in [-0.15, -0.1) is 0 Å². The minimum Gasteiger partial charge on any atom is -0.393 e. The summed E-state index contributed by atoms with van der Waals surface area (Å²) in [5.41, 5.74) is 5.41. The Morgan fingerprint density at radius 3 is 2.43 bits per heavy atom. The lowest BCUT2D eigenvalue weighted by Crippen LogP contribution is -2.45. The van der Waals surface area contributed by atoms with E-state index in [1.807, 2.05) is 6.92 Å². The fourth-order valence-electron chi connectivity index (χ4n) is 1.54. The standard InChI is InChI=1S/C10H18N2OS/c1-6(9(11)14)10(13)12-7(2)8-4-3-5-8/h6-8H,3-5H2,1-2H3,(H2,11,14)(H,12,13). The van der Waals surface area contributed by atoms with E-state index in [0.29, 0.717) is 5.92 Å². The van der Waals surface area contributed by atoms with E-state index in [-0.39, 0.29) is 22.9 Å². The number of nitrogens with one attached hydrogen (secondary N) is 1. The van der Waals surface area contributed by atoms with E-state index in [9.17, 15) is 4.79 Å². The molecule has 14 heavy (non-hydrogen) atoms. The zero-order valence-corrected chi connectivity index (χ0v) is 9.56. The van der Waals surface area contributed by atoms with Gasteiger partial charge in [0.05, 0.1) is 10.9 Å². The summed E-state index contributed by atoms with van der Waals surface area (Å²) < 4.78 is 0. The average molecular weight is 214 g/mol. The topological polar surface area (TPSA) is 55.1 Å². The molecule has 0 aromatic rings. The van der Waals surface area contributed by atoms with Gasteiger partial charge in [0, 0.05) is 6.04 Å². The lowest BCUT2D eigenvalue weighted by molar-refractivity contribution is -0.123. The first-order valence-electron chi connectivity index (χ1n) is 5.12. The van der Waals surface area contributed by atoms with Gasteiger partial charge in [0.25, 0.3) is 0 Å². The maximum atomic E-state index is 11.6. The molecule has 3 nitrogen and oxygen atoms in total. The molecular formula is C10H18N2OS. The van der Waals surface area contributed by atoms with Crippen LogP contribution in [-0.4, -0.2) is 16.9 Å². The number of thiocarbonyl (C=S) groups is 1. The molecule has 0 aromatic heterocycles. The molecule has 1 amide bonds. The molecule has 80 valence electrons. The highest BCUT2D eigenvalue weighted by atomic mass is 32.1. The van der Waals surface area contributed by atoms with Crippen molar-refractivity contribution in [3.63, 3.8) is 0 Å². The summed E-state index contributed by atoms with van der Waals surface area (Å²) >= 11 is 4.77. The zero-order chi connectivity index (χ0) is 10.7. The summed E-state index contributed by atoms with van der Waals surface area (Å²) in [5, 5.41) is 2.96. The number of carbonyl (C=O) groups excluding carboxylic acids is 1. The predicted molar refractivity (Wildman–Crippen MR) is 60.9 cm³/mol. The molecule has 2 atom stereocenters. The summed E-state index contributed by atoms with van der Waals surface area (Å²) in [6.07, 6.45) is 3.74. The second-order valence-electron chi connectivity index (χ2n) is 4.11. The van der Waals surface area contributed by atoms with Crippen LogP contribution in [-0.2, 0) is 4.79 Å². The molecule has 1 aliphatic rings. The van der Waals surface area contributed by atoms with Gasteiger partial charge in [-0.05, 0) is 32.6 Å². The van der Waals surface area contributed by atoms with Crippen LogP contribution in [0.2, 0.25) is 0 Å². The van der Waals surface area contributed by atoms with Gasteiger partial charge < -0.3 is 11.1 Å². The van der Waals surface area contributed by atoms with Crippen LogP contribution in [0.3, 0.4) is 0 Å². The highest BCUT2D eigenvalue weighted by Crippen LogP contribution is 2.29. The molecule has 1 fully saturated rings. The van der Waals surface area contributed by atoms with Gasteiger partial charge in [-0.2, -0.15) is 0 Å². The van der Waals surface area contributed by atoms with Gasteiger partial charge in [-0.3, -0.25) is 4.79 Å². The van der Waals surface area contributed by atoms with Crippen molar-refractivity contribution in [1.82, 2.24) is 5.32 Å². The Morgan fingerprint density at radius 1 is 1.50 bits per heavy atom. The zero-order valence-electron chi connectivity index (χ0n) is 8.75. The van der Waals surface area contributed by atoms with E-state index in [4.69, 9.17) is 18.0 Å². The molecule has 0 bridgehead atoms. The monoisotopic (exact) mass is 214 g/mol. The number of carbonyl (C=O) groups is 1. The summed E-state index contributed by atoms with van der Waals surface area (Å²) in [6, 6.07) is 0.257. The van der Waals surface area contributed by atoms with Crippen LogP contribution in [0.4, 0.5) is 0 Å². The Kier molecular flexibility index (Phi) is 3.86. The highest BCUT2D eigenvalue weighted by Gasteiger charge is 2.26. The Labute approximate surface area is 90.4 Å². The van der Waals surface area contributed by atoms with E-state index in [0.717, 1.165) is 0 Å². The molecule has 0 radical (unpaired) electrons. The van der Waals surface area contributed by atoms with E-state index >= 15 is 0 Å². The van der Waals surface area contributed by atoms with E-state index < -0.39 is 0 Å². The molecule has 0 aliphatic heterocycles. The van der Waals surface area contributed by atoms with Crippen molar-refractivity contribution >= 4 is 23.1 Å². The maximum absolute atomic E-state index is 11.6. The second-order valence-corrected chi connectivity index (χ2v) is 4.58. The molecule has 1 aliphatic carbocycles. The first-order valence-corrected chi connectivity index (χ1v) is 5.53. The number of hydrogen-bond donors (Lipinski definition) is 2. The number of nitrogens with two attached hydrogens (primary N) is 1. The molecular weight excluding hydrogens is 196 g/mol. The van der Waals surface area contributed by atoms with Crippen molar-refractivity contribution in [1.29, 1.82) is 0 Å². The van der Waals surface area contributed by atoms with Crippen molar-refractivity contribution in [2.45, 2.75) is 39.2 Å². The van der Waals surface area contributed by atoms with Crippen molar-refractivity contribution < 1.29 is 4.79 Å². The Balaban J connectivity index is 2.35. The van der Waals surface area contributed by atoms with E-state index in [2.05, 4.69) is 5.32 Å². The number of rotatable bonds is 4. The Hall–Kier alpha value is -0.640. The third-order valence-electron chi connectivity index (χ3n) is 3.05. The van der Waals surface area contributed by atoms with Gasteiger partial charge in [-0.25, -0.2) is 0 Å². The van der Waals surface area contributed by atoms with Gasteiger partial charge in [-0.1, -0.05) is 18.6 Å². The first-order chi connectivity index (χ1) is 6.52. The number of amides is 1. The summed E-state index contributed by atoms with van der Waals surface area (Å²) in [7, 11) is 0. The molecule has 0 saturated heterocycles. The van der Waals surface area contributed by atoms with E-state index in [1.165, 1.54) is 19.3 Å². The van der Waals surface area contributed by atoms with Crippen LogP contribution in [0.1, 0.15) is 33.1 Å². The van der Waals surface area contributed by atoms with Gasteiger partial charge >= 0.3 is 0 Å². The normalized spacial score (nSPS) is 20.7. The van der Waals surface area contributed by atoms with Crippen LogP contribution in [0, 0.1) is 11.8 Å². The Morgan fingerprint density at radius 2 is 2.07 bits per heavy atom. The minimum absolute atomic E-state index is 0.0445.